The van der Waals surface area contributed by atoms with Gasteiger partial charge >= 0.3 is 11.9 Å². The third-order valence-electron chi connectivity index (χ3n) is 2.97. The lowest BCUT2D eigenvalue weighted by Crippen LogP contribution is -2.12. The van der Waals surface area contributed by atoms with Gasteiger partial charge in [0.1, 0.15) is 11.7 Å². The number of carbonyl (C=O) groups is 2. The van der Waals surface area contributed by atoms with Gasteiger partial charge in [-0.25, -0.2) is 9.59 Å². The van der Waals surface area contributed by atoms with E-state index in [0.717, 1.165) is 37.7 Å². The first-order valence-corrected chi connectivity index (χ1v) is 5.26. The van der Waals surface area contributed by atoms with Gasteiger partial charge in [0, 0.05) is 0 Å². The first-order chi connectivity index (χ1) is 7.24. The van der Waals surface area contributed by atoms with E-state index >= 15 is 0 Å². The molecule has 4 heteroatoms. The van der Waals surface area contributed by atoms with Crippen molar-refractivity contribution >= 4 is 11.9 Å². The second-order valence-electron chi connectivity index (χ2n) is 3.89. The van der Waals surface area contributed by atoms with E-state index in [1.54, 1.807) is 0 Å². The average molecular weight is 210 g/mol. The van der Waals surface area contributed by atoms with Gasteiger partial charge in [-0.1, -0.05) is 6.42 Å². The number of hydrogen-bond donors (Lipinski definition) is 0. The van der Waals surface area contributed by atoms with E-state index in [1.165, 1.54) is 7.11 Å². The highest BCUT2D eigenvalue weighted by molar-refractivity contribution is 6.16. The van der Waals surface area contributed by atoms with Crippen molar-refractivity contribution in [1.82, 2.24) is 0 Å². The Morgan fingerprint density at radius 2 is 2.20 bits per heavy atom. The molecule has 82 valence electrons. The Morgan fingerprint density at radius 1 is 1.40 bits per heavy atom. The first kappa shape index (κ1) is 10.2. The number of hydrogen-bond acceptors (Lipinski definition) is 4. The zero-order valence-corrected chi connectivity index (χ0v) is 8.75. The highest BCUT2D eigenvalue weighted by Crippen LogP contribution is 2.33. The van der Waals surface area contributed by atoms with Crippen LogP contribution in [0.5, 0.6) is 0 Å². The van der Waals surface area contributed by atoms with Crippen LogP contribution in [0, 0.1) is 0 Å². The van der Waals surface area contributed by atoms with E-state index in [1.807, 2.05) is 0 Å². The molecule has 0 bridgehead atoms. The van der Waals surface area contributed by atoms with Crippen molar-refractivity contribution in [1.29, 1.82) is 0 Å². The van der Waals surface area contributed by atoms with E-state index in [0.29, 0.717) is 0 Å². The van der Waals surface area contributed by atoms with E-state index in [-0.39, 0.29) is 11.7 Å². The van der Waals surface area contributed by atoms with Gasteiger partial charge in [-0.05, 0) is 31.3 Å². The minimum Gasteiger partial charge on any atom is -0.465 e. The summed E-state index contributed by atoms with van der Waals surface area (Å²) in [5.74, 6) is -1.07. The normalized spacial score (nSPS) is 25.7. The van der Waals surface area contributed by atoms with Gasteiger partial charge in [-0.3, -0.25) is 0 Å². The van der Waals surface area contributed by atoms with Crippen LogP contribution in [0.25, 0.3) is 0 Å². The number of carbonyl (C=O) groups excluding carboxylic acids is 2. The summed E-state index contributed by atoms with van der Waals surface area (Å²) in [5, 5.41) is 0. The van der Waals surface area contributed by atoms with E-state index in [4.69, 9.17) is 4.74 Å². The summed E-state index contributed by atoms with van der Waals surface area (Å²) in [5.41, 5.74) is 0.994. The molecule has 0 amide bonds. The Morgan fingerprint density at radius 3 is 2.93 bits per heavy atom. The van der Waals surface area contributed by atoms with Crippen LogP contribution in [0.4, 0.5) is 0 Å². The van der Waals surface area contributed by atoms with Crippen LogP contribution in [0.15, 0.2) is 11.1 Å². The van der Waals surface area contributed by atoms with Crippen molar-refractivity contribution in [2.45, 2.75) is 38.2 Å². The highest BCUT2D eigenvalue weighted by Gasteiger charge is 2.38. The molecule has 15 heavy (non-hydrogen) atoms. The molecule has 0 aromatic heterocycles. The molecule has 1 unspecified atom stereocenters. The summed E-state index contributed by atoms with van der Waals surface area (Å²) in [6, 6.07) is 0. The van der Waals surface area contributed by atoms with Crippen molar-refractivity contribution in [3.05, 3.63) is 11.1 Å². The third kappa shape index (κ3) is 1.76. The lowest BCUT2D eigenvalue weighted by Gasteiger charge is -2.08. The molecule has 0 aromatic rings. The molecule has 0 N–H and O–H groups in total. The van der Waals surface area contributed by atoms with Gasteiger partial charge in [-0.15, -0.1) is 0 Å². The number of esters is 2. The molecule has 1 atom stereocenters. The minimum atomic E-state index is -0.556. The van der Waals surface area contributed by atoms with E-state index in [2.05, 4.69) is 4.74 Å². The summed E-state index contributed by atoms with van der Waals surface area (Å²) in [4.78, 5) is 22.9. The quantitative estimate of drug-likeness (QED) is 0.484. The summed E-state index contributed by atoms with van der Waals surface area (Å²) < 4.78 is 9.76. The molecule has 1 saturated carbocycles. The summed E-state index contributed by atoms with van der Waals surface area (Å²) in [7, 11) is 1.28. The molecule has 2 rings (SSSR count). The van der Waals surface area contributed by atoms with Crippen molar-refractivity contribution in [3.63, 3.8) is 0 Å². The Kier molecular flexibility index (Phi) is 2.75. The van der Waals surface area contributed by atoms with Crippen molar-refractivity contribution < 1.29 is 19.1 Å². The Hall–Kier alpha value is -1.32. The van der Waals surface area contributed by atoms with Gasteiger partial charge in [0.25, 0.3) is 0 Å². The van der Waals surface area contributed by atoms with Crippen molar-refractivity contribution in [2.75, 3.05) is 7.11 Å². The van der Waals surface area contributed by atoms with Crippen molar-refractivity contribution in [2.24, 2.45) is 0 Å². The van der Waals surface area contributed by atoms with Gasteiger partial charge in [0.05, 0.1) is 7.11 Å². The SMILES string of the molecule is COC(=O)C1=C2CCCCCC2OC1=O. The zero-order chi connectivity index (χ0) is 10.8. The minimum absolute atomic E-state index is 0.143. The molecule has 1 fully saturated rings. The molecular formula is C11H14O4. The summed E-state index contributed by atoms with van der Waals surface area (Å²) >= 11 is 0. The third-order valence-corrected chi connectivity index (χ3v) is 2.97. The molecule has 1 heterocycles. The Balaban J connectivity index is 2.33. The Bertz CT molecular complexity index is 329. The number of methoxy groups -OCH3 is 1. The molecule has 0 aromatic carbocycles. The smallest absolute Gasteiger partial charge is 0.346 e. The first-order valence-electron chi connectivity index (χ1n) is 5.26. The van der Waals surface area contributed by atoms with Crippen LogP contribution in [0.1, 0.15) is 32.1 Å². The lowest BCUT2D eigenvalue weighted by atomic mass is 10.0. The standard InChI is InChI=1S/C11H14O4/c1-14-10(12)9-7-5-3-2-4-6-8(7)15-11(9)13/h8H,2-6H2,1H3. The van der Waals surface area contributed by atoms with Gasteiger partial charge in [0.15, 0.2) is 0 Å². The molecule has 0 radical (unpaired) electrons. The molecule has 1 aliphatic carbocycles. The van der Waals surface area contributed by atoms with E-state index < -0.39 is 11.9 Å². The fraction of sp³-hybridized carbons (Fsp3) is 0.636. The van der Waals surface area contributed by atoms with E-state index in [9.17, 15) is 9.59 Å². The lowest BCUT2D eigenvalue weighted by molar-refractivity contribution is -0.145. The second kappa shape index (κ2) is 4.04. The summed E-state index contributed by atoms with van der Waals surface area (Å²) in [6.07, 6.45) is 4.64. The van der Waals surface area contributed by atoms with Crippen LogP contribution < -0.4 is 0 Å². The maximum absolute atomic E-state index is 11.5. The second-order valence-corrected chi connectivity index (χ2v) is 3.89. The molecule has 0 spiro atoms. The van der Waals surface area contributed by atoms with Gasteiger partial charge in [0.2, 0.25) is 0 Å². The van der Waals surface area contributed by atoms with Gasteiger partial charge in [-0.2, -0.15) is 0 Å². The predicted molar refractivity (Wildman–Crippen MR) is 52.0 cm³/mol. The van der Waals surface area contributed by atoms with Crippen LogP contribution in [0.2, 0.25) is 0 Å². The predicted octanol–water partition coefficient (Wildman–Crippen LogP) is 1.35. The zero-order valence-electron chi connectivity index (χ0n) is 8.75. The number of fused-ring (bicyclic) bond motifs is 1. The average Bonchev–Trinajstić information content (AvgIpc) is 2.40. The number of ether oxygens (including phenoxy) is 2. The molecule has 0 saturated heterocycles. The largest absolute Gasteiger partial charge is 0.465 e. The Labute approximate surface area is 88.2 Å². The topological polar surface area (TPSA) is 52.6 Å². The van der Waals surface area contributed by atoms with Crippen LogP contribution in [-0.2, 0) is 19.1 Å². The fourth-order valence-electron chi connectivity index (χ4n) is 2.21. The molecular weight excluding hydrogens is 196 g/mol. The number of rotatable bonds is 1. The highest BCUT2D eigenvalue weighted by atomic mass is 16.6. The molecule has 1 aliphatic heterocycles. The van der Waals surface area contributed by atoms with Crippen molar-refractivity contribution in [3.8, 4) is 0 Å². The maximum atomic E-state index is 11.5. The van der Waals surface area contributed by atoms with Crippen LogP contribution in [-0.4, -0.2) is 25.2 Å². The summed E-state index contributed by atoms with van der Waals surface area (Å²) in [6.45, 7) is 0. The maximum Gasteiger partial charge on any atom is 0.346 e. The van der Waals surface area contributed by atoms with Crippen LogP contribution >= 0.6 is 0 Å². The molecule has 4 nitrogen and oxygen atoms in total. The molecule has 2 aliphatic rings. The van der Waals surface area contributed by atoms with Crippen LogP contribution in [0.3, 0.4) is 0 Å². The monoisotopic (exact) mass is 210 g/mol. The fourth-order valence-corrected chi connectivity index (χ4v) is 2.21. The van der Waals surface area contributed by atoms with Gasteiger partial charge < -0.3 is 9.47 Å².